The Balaban J connectivity index is -0.0000000552. The second-order valence-corrected chi connectivity index (χ2v) is 17.0. The van der Waals surface area contributed by atoms with Gasteiger partial charge in [0, 0.05) is 34.1 Å². The molecule has 0 fully saturated rings. The van der Waals surface area contributed by atoms with Gasteiger partial charge in [-0.15, -0.1) is 26.3 Å². The molecule has 0 aliphatic heterocycles. The van der Waals surface area contributed by atoms with Crippen LogP contribution < -0.4 is 0 Å². The molecule has 0 saturated heterocycles. The van der Waals surface area contributed by atoms with Gasteiger partial charge in [0.1, 0.15) is 16.5 Å². The van der Waals surface area contributed by atoms with Gasteiger partial charge in [-0.1, -0.05) is 0 Å². The van der Waals surface area contributed by atoms with Gasteiger partial charge in [0.05, 0.1) is 0 Å². The molecule has 4 unspecified atom stereocenters. The first-order valence-electron chi connectivity index (χ1n) is 5.23. The Labute approximate surface area is 209 Å². The maximum absolute atomic E-state index is 12.3. The molecule has 0 radical (unpaired) electrons. The summed E-state index contributed by atoms with van der Waals surface area (Å²) < 4.78 is 191. The van der Waals surface area contributed by atoms with E-state index in [1.165, 1.54) is 0 Å². The molecular formula is C10H4F12Fe2O6P4+2. The molecule has 0 spiro atoms. The third-order valence-electron chi connectivity index (χ3n) is 1.29. The van der Waals surface area contributed by atoms with Crippen molar-refractivity contribution in [2.24, 2.45) is 0 Å². The van der Waals surface area contributed by atoms with E-state index >= 15 is 0 Å². The molecule has 6 nitrogen and oxygen atoms in total. The number of rotatable bonds is 3. The Morgan fingerprint density at radius 1 is 0.382 bits per heavy atom. The molecule has 0 aromatic heterocycles. The minimum absolute atomic E-state index is 0. The SMILES string of the molecule is FC(F)(F)[PH2+]P(P([PH2+]C(F)(F)F)C(F)(F)F)C(F)(F)F.[C-]#[O+].[C-]#[O+].[C-]#[O+].[C-]#[O+].[C-]#[O+].[C-]#[O+].[Fe].[Fe]. The van der Waals surface area contributed by atoms with Gasteiger partial charge < -0.3 is 0 Å². The van der Waals surface area contributed by atoms with Crippen LogP contribution in [0.2, 0.25) is 0 Å². The van der Waals surface area contributed by atoms with Gasteiger partial charge in [0.15, 0.2) is 0 Å². The third-order valence-corrected chi connectivity index (χ3v) is 20.6. The van der Waals surface area contributed by atoms with Crippen molar-refractivity contribution in [3.8, 4) is 0 Å². The van der Waals surface area contributed by atoms with Gasteiger partial charge in [-0.3, -0.25) is 0 Å². The fourth-order valence-corrected chi connectivity index (χ4v) is 17.7. The van der Waals surface area contributed by atoms with E-state index in [-0.39, 0.29) is 34.1 Å². The van der Waals surface area contributed by atoms with Crippen molar-refractivity contribution >= 4 is 31.1 Å². The quantitative estimate of drug-likeness (QED) is 0.108. The molecule has 0 amide bonds. The summed E-state index contributed by atoms with van der Waals surface area (Å²) in [6.45, 7) is 27.0. The monoisotopic (exact) mass is 684 g/mol. The van der Waals surface area contributed by atoms with Crippen molar-refractivity contribution in [3.05, 3.63) is 39.9 Å². The van der Waals surface area contributed by atoms with E-state index in [1.54, 1.807) is 0 Å². The van der Waals surface area contributed by atoms with Crippen LogP contribution in [0.25, 0.3) is 0 Å². The largest absolute Gasteiger partial charge is 0 e. The van der Waals surface area contributed by atoms with E-state index < -0.39 is 54.8 Å². The molecule has 0 N–H and O–H groups in total. The van der Waals surface area contributed by atoms with Gasteiger partial charge in [0.25, 0.3) is 0 Å². The van der Waals surface area contributed by atoms with Gasteiger partial charge in [-0.05, 0) is 0 Å². The number of alkyl halides is 12. The van der Waals surface area contributed by atoms with Crippen LogP contribution >= 0.6 is 31.1 Å². The molecule has 24 heteroatoms. The van der Waals surface area contributed by atoms with Crippen molar-refractivity contribution in [2.75, 3.05) is 0 Å². The molecule has 4 atom stereocenters. The smallest absolute Gasteiger partial charge is 0 e. The van der Waals surface area contributed by atoms with Crippen LogP contribution in [0.1, 0.15) is 0 Å². The normalized spacial score (nSPS) is 11.6. The summed E-state index contributed by atoms with van der Waals surface area (Å²) in [5, 5.41) is 0. The van der Waals surface area contributed by atoms with E-state index in [0.29, 0.717) is 0 Å². The first-order valence-corrected chi connectivity index (χ1v) is 13.0. The molecule has 198 valence electrons. The van der Waals surface area contributed by atoms with Crippen LogP contribution in [0.3, 0.4) is 0 Å². The maximum Gasteiger partial charge on any atom is 0 e. The standard InChI is InChI=1S/C4H2F12P4.6CO.2Fe/c5-1(6,7)17-19(3(11,12)13)20(4(14,15)16)18-2(8,9)10;6*1-2;;/h17-18H;;;;;;;;/p+2. The van der Waals surface area contributed by atoms with Crippen molar-refractivity contribution < 1.29 is 115 Å². The van der Waals surface area contributed by atoms with Crippen molar-refractivity contribution in [1.82, 2.24) is 0 Å². The van der Waals surface area contributed by atoms with Crippen LogP contribution in [-0.4, -0.2) is 23.7 Å². The maximum atomic E-state index is 12.3. The van der Waals surface area contributed by atoms with Crippen LogP contribution in [0.15, 0.2) is 0 Å². The molecule has 0 bridgehead atoms. The van der Waals surface area contributed by atoms with Gasteiger partial charge in [-0.25, -0.2) is 0 Å². The minimum atomic E-state index is -5.92. The topological polar surface area (TPSA) is 119 Å². The third kappa shape index (κ3) is 45.8. The molecule has 0 rings (SSSR count). The molecule has 0 aliphatic rings. The van der Waals surface area contributed by atoms with E-state index in [9.17, 15) is 52.7 Å². The predicted octanol–water partition coefficient (Wildman–Crippen LogP) is 6.37. The van der Waals surface area contributed by atoms with E-state index in [4.69, 9.17) is 27.9 Å². The number of hydrogen-bond donors (Lipinski definition) is 0. The molecular weight excluding hydrogens is 680 g/mol. The Bertz CT molecular complexity index is 491. The minimum Gasteiger partial charge on any atom is 0 e. The van der Waals surface area contributed by atoms with Gasteiger partial charge in [-0.2, -0.15) is 26.3 Å². The fraction of sp³-hybridized carbons (Fsp3) is 0.400. The first kappa shape index (κ1) is 59.5. The summed E-state index contributed by atoms with van der Waals surface area (Å²) in [6, 6.07) is 0. The van der Waals surface area contributed by atoms with Gasteiger partial charge >= 0.3 is 91.5 Å². The second-order valence-electron chi connectivity index (χ2n) is 2.97. The Kier molecular flexibility index (Phi) is 58.3. The molecule has 0 aliphatic carbocycles. The predicted molar refractivity (Wildman–Crippen MR) is 81.1 cm³/mol. The fourth-order valence-electron chi connectivity index (χ4n) is 0.792. The zero-order chi connectivity index (χ0) is 28.6. The number of hydrogen-bond acceptors (Lipinski definition) is 0. The van der Waals surface area contributed by atoms with Gasteiger partial charge in [0.2, 0.25) is 14.6 Å². The van der Waals surface area contributed by atoms with E-state index in [0.717, 1.165) is 0 Å². The van der Waals surface area contributed by atoms with Crippen LogP contribution in [-0.2, 0) is 62.1 Å². The zero-order valence-corrected chi connectivity index (χ0v) is 21.0. The van der Waals surface area contributed by atoms with Crippen LogP contribution in [0, 0.1) is 39.9 Å². The van der Waals surface area contributed by atoms with Crippen molar-refractivity contribution in [1.29, 1.82) is 0 Å². The summed E-state index contributed by atoms with van der Waals surface area (Å²) in [4.78, 5) is 0. The van der Waals surface area contributed by atoms with E-state index in [1.807, 2.05) is 0 Å². The molecule has 0 heterocycles. The average molecular weight is 684 g/mol. The van der Waals surface area contributed by atoms with Crippen molar-refractivity contribution in [2.45, 2.75) is 23.7 Å². The zero-order valence-electron chi connectivity index (χ0n) is 14.7. The first-order chi connectivity index (χ1) is 14.4. The summed E-state index contributed by atoms with van der Waals surface area (Å²) in [5.41, 5.74) is 0. The Morgan fingerprint density at radius 2 is 0.500 bits per heavy atom. The summed E-state index contributed by atoms with van der Waals surface area (Å²) in [6.07, 6.45) is 0. The Morgan fingerprint density at radius 3 is 0.559 bits per heavy atom. The average Bonchev–Trinajstić information content (AvgIpc) is 2.71. The molecule has 0 aromatic rings. The summed E-state index contributed by atoms with van der Waals surface area (Å²) in [5.74, 6) is -22.9. The summed E-state index contributed by atoms with van der Waals surface area (Å²) in [7, 11) is -17.2. The van der Waals surface area contributed by atoms with Crippen LogP contribution in [0.5, 0.6) is 0 Å². The molecule has 0 saturated carbocycles. The summed E-state index contributed by atoms with van der Waals surface area (Å²) >= 11 is 0. The van der Waals surface area contributed by atoms with Crippen LogP contribution in [0.4, 0.5) is 52.7 Å². The van der Waals surface area contributed by atoms with E-state index in [2.05, 4.69) is 39.9 Å². The second kappa shape index (κ2) is 33.4. The Hall–Kier alpha value is 0.359. The number of halogens is 12. The molecule has 34 heavy (non-hydrogen) atoms. The van der Waals surface area contributed by atoms with Crippen molar-refractivity contribution in [3.63, 3.8) is 0 Å². The molecule has 0 aromatic carbocycles.